The number of pyridine rings is 1. The number of nitrogens with zero attached hydrogens (tertiary/aromatic N) is 2. The van der Waals surface area contributed by atoms with Crippen LogP contribution in [0.4, 0.5) is 11.4 Å². The minimum atomic E-state index is -0.499. The van der Waals surface area contributed by atoms with Crippen molar-refractivity contribution in [2.45, 2.75) is 20.0 Å². The number of ether oxygens (including phenoxy) is 2. The van der Waals surface area contributed by atoms with Crippen molar-refractivity contribution in [3.05, 3.63) is 76.6 Å². The van der Waals surface area contributed by atoms with Crippen molar-refractivity contribution >= 4 is 28.9 Å². The van der Waals surface area contributed by atoms with E-state index in [1.54, 1.807) is 36.4 Å². The van der Waals surface area contributed by atoms with Gasteiger partial charge in [-0.3, -0.25) is 14.7 Å². The summed E-state index contributed by atoms with van der Waals surface area (Å²) in [5.74, 6) is 1.22. The van der Waals surface area contributed by atoms with E-state index in [1.807, 2.05) is 44.2 Å². The Morgan fingerprint density at radius 1 is 1.20 bits per heavy atom. The lowest BCUT2D eigenvalue weighted by molar-refractivity contribution is 0.0993. The van der Waals surface area contributed by atoms with Crippen molar-refractivity contribution < 1.29 is 14.3 Å². The van der Waals surface area contributed by atoms with Crippen LogP contribution in [0.25, 0.3) is 0 Å². The Kier molecular flexibility index (Phi) is 5.50. The number of aromatic nitrogens is 1. The summed E-state index contributed by atoms with van der Waals surface area (Å²) in [6.07, 6.45) is 1.19. The van der Waals surface area contributed by atoms with Gasteiger partial charge in [0.25, 0.3) is 5.91 Å². The zero-order valence-corrected chi connectivity index (χ0v) is 17.7. The van der Waals surface area contributed by atoms with Gasteiger partial charge in [0.2, 0.25) is 0 Å². The number of carbonyl (C=O) groups is 1. The fourth-order valence-corrected chi connectivity index (χ4v) is 3.70. The maximum Gasteiger partial charge on any atom is 0.262 e. The number of benzene rings is 2. The molecule has 0 bridgehead atoms. The highest BCUT2D eigenvalue weighted by molar-refractivity contribution is 6.31. The molecule has 1 aromatic heterocycles. The number of aryl methyl sites for hydroxylation is 1. The first kappa shape index (κ1) is 20.0. The summed E-state index contributed by atoms with van der Waals surface area (Å²) in [7, 11) is 1.59. The van der Waals surface area contributed by atoms with Gasteiger partial charge in [-0.15, -0.1) is 0 Å². The first-order chi connectivity index (χ1) is 14.5. The monoisotopic (exact) mass is 423 g/mol. The molecule has 2 heterocycles. The first-order valence-corrected chi connectivity index (χ1v) is 10.0. The summed E-state index contributed by atoms with van der Waals surface area (Å²) in [5, 5.41) is 4.04. The highest BCUT2D eigenvalue weighted by atomic mass is 35.5. The van der Waals surface area contributed by atoms with Crippen molar-refractivity contribution in [1.29, 1.82) is 0 Å². The third-order valence-electron chi connectivity index (χ3n) is 5.00. The normalized spacial score (nSPS) is 15.1. The van der Waals surface area contributed by atoms with E-state index in [0.29, 0.717) is 28.6 Å². The third-order valence-corrected chi connectivity index (χ3v) is 5.41. The Morgan fingerprint density at radius 2 is 1.97 bits per heavy atom. The number of anilines is 2. The van der Waals surface area contributed by atoms with Crippen LogP contribution in [-0.4, -0.2) is 24.6 Å². The van der Waals surface area contributed by atoms with E-state index in [0.717, 1.165) is 22.7 Å². The number of hydrogen-bond donors (Lipinski definition) is 1. The van der Waals surface area contributed by atoms with Gasteiger partial charge < -0.3 is 14.8 Å². The van der Waals surface area contributed by atoms with Gasteiger partial charge in [0.15, 0.2) is 6.17 Å². The number of amides is 1. The molecule has 0 radical (unpaired) electrons. The molecule has 0 unspecified atom stereocenters. The molecule has 1 atom stereocenters. The molecule has 0 fully saturated rings. The second-order valence-corrected chi connectivity index (χ2v) is 7.29. The van der Waals surface area contributed by atoms with E-state index in [1.165, 1.54) is 0 Å². The number of hydrogen-bond acceptors (Lipinski definition) is 5. The molecule has 3 aromatic rings. The number of methoxy groups -OCH3 is 1. The molecule has 0 spiro atoms. The van der Waals surface area contributed by atoms with E-state index >= 15 is 0 Å². The van der Waals surface area contributed by atoms with Crippen molar-refractivity contribution in [2.75, 3.05) is 23.9 Å². The average Bonchev–Trinajstić information content (AvgIpc) is 3.03. The summed E-state index contributed by atoms with van der Waals surface area (Å²) in [4.78, 5) is 19.4. The Morgan fingerprint density at radius 3 is 2.67 bits per heavy atom. The van der Waals surface area contributed by atoms with Gasteiger partial charge in [-0.2, -0.15) is 0 Å². The minimum Gasteiger partial charge on any atom is -0.495 e. The molecule has 1 aliphatic rings. The molecule has 30 heavy (non-hydrogen) atoms. The second-order valence-electron chi connectivity index (χ2n) is 6.89. The third kappa shape index (κ3) is 3.55. The molecule has 4 rings (SSSR count). The lowest BCUT2D eigenvalue weighted by Gasteiger charge is -2.27. The van der Waals surface area contributed by atoms with Crippen molar-refractivity contribution in [3.63, 3.8) is 0 Å². The average molecular weight is 424 g/mol. The van der Waals surface area contributed by atoms with Gasteiger partial charge in [-0.1, -0.05) is 11.6 Å². The van der Waals surface area contributed by atoms with Crippen LogP contribution in [0.2, 0.25) is 5.02 Å². The van der Waals surface area contributed by atoms with Crippen LogP contribution in [0, 0.1) is 6.92 Å². The van der Waals surface area contributed by atoms with E-state index in [-0.39, 0.29) is 5.91 Å². The Labute approximate surface area is 180 Å². The van der Waals surface area contributed by atoms with Gasteiger partial charge >= 0.3 is 0 Å². The zero-order valence-electron chi connectivity index (χ0n) is 17.0. The van der Waals surface area contributed by atoms with Crippen LogP contribution < -0.4 is 19.7 Å². The largest absolute Gasteiger partial charge is 0.495 e. The van der Waals surface area contributed by atoms with Gasteiger partial charge in [0.1, 0.15) is 11.5 Å². The predicted octanol–water partition coefficient (Wildman–Crippen LogP) is 5.22. The maximum atomic E-state index is 13.2. The number of nitrogens with one attached hydrogen (secondary N) is 1. The standard InChI is InChI=1S/C23H22ClN3O3/c1-4-30-16-9-7-15(8-10-16)27-22(21-17(23(27)28)6-5-11-25-21)26-19-12-14(2)18(24)13-20(19)29-3/h5-13,22,26H,4H2,1-3H3/t22-/m1/s1. The van der Waals surface area contributed by atoms with Gasteiger partial charge in [-0.25, -0.2) is 0 Å². The van der Waals surface area contributed by atoms with E-state index in [4.69, 9.17) is 21.1 Å². The maximum absolute atomic E-state index is 13.2. The molecule has 0 saturated carbocycles. The fraction of sp³-hybridized carbons (Fsp3) is 0.217. The smallest absolute Gasteiger partial charge is 0.262 e. The summed E-state index contributed by atoms with van der Waals surface area (Å²) < 4.78 is 11.0. The molecule has 7 heteroatoms. The summed E-state index contributed by atoms with van der Waals surface area (Å²) >= 11 is 6.25. The molecular weight excluding hydrogens is 402 g/mol. The molecule has 0 saturated heterocycles. The van der Waals surface area contributed by atoms with Gasteiger partial charge in [0.05, 0.1) is 30.7 Å². The SMILES string of the molecule is CCOc1ccc(N2C(=O)c3cccnc3[C@@H]2Nc2cc(C)c(Cl)cc2OC)cc1. The van der Waals surface area contributed by atoms with E-state index in [9.17, 15) is 4.79 Å². The lowest BCUT2D eigenvalue weighted by Crippen LogP contribution is -2.32. The van der Waals surface area contributed by atoms with Crippen LogP contribution in [0.3, 0.4) is 0 Å². The number of carbonyl (C=O) groups excluding carboxylic acids is 1. The molecule has 1 aliphatic heterocycles. The van der Waals surface area contributed by atoms with Crippen molar-refractivity contribution in [2.24, 2.45) is 0 Å². The Balaban J connectivity index is 1.76. The number of rotatable bonds is 6. The fourth-order valence-electron chi connectivity index (χ4n) is 3.55. The molecular formula is C23H22ClN3O3. The molecule has 1 amide bonds. The summed E-state index contributed by atoms with van der Waals surface area (Å²) in [5.41, 5.74) is 3.59. The number of halogens is 1. The van der Waals surface area contributed by atoms with Crippen molar-refractivity contribution in [1.82, 2.24) is 4.98 Å². The molecule has 2 aromatic carbocycles. The molecule has 6 nitrogen and oxygen atoms in total. The van der Waals surface area contributed by atoms with Crippen LogP contribution >= 0.6 is 11.6 Å². The van der Waals surface area contributed by atoms with Crippen LogP contribution in [0.15, 0.2) is 54.7 Å². The van der Waals surface area contributed by atoms with Gasteiger partial charge in [-0.05, 0) is 61.9 Å². The molecule has 154 valence electrons. The Hall–Kier alpha value is -3.25. The first-order valence-electron chi connectivity index (χ1n) is 9.65. The molecule has 1 N–H and O–H groups in total. The topological polar surface area (TPSA) is 63.7 Å². The van der Waals surface area contributed by atoms with Crippen LogP contribution in [0.1, 0.15) is 34.7 Å². The van der Waals surface area contributed by atoms with Crippen LogP contribution in [0.5, 0.6) is 11.5 Å². The van der Waals surface area contributed by atoms with E-state index < -0.39 is 6.17 Å². The second kappa shape index (κ2) is 8.24. The lowest BCUT2D eigenvalue weighted by atomic mass is 10.1. The Bertz CT molecular complexity index is 1090. The van der Waals surface area contributed by atoms with E-state index in [2.05, 4.69) is 10.3 Å². The van der Waals surface area contributed by atoms with Crippen molar-refractivity contribution in [3.8, 4) is 11.5 Å². The number of fused-ring (bicyclic) bond motifs is 1. The zero-order chi connectivity index (χ0) is 21.3. The summed E-state index contributed by atoms with van der Waals surface area (Å²) in [6.45, 7) is 4.43. The highest BCUT2D eigenvalue weighted by Gasteiger charge is 2.39. The summed E-state index contributed by atoms with van der Waals surface area (Å²) in [6, 6.07) is 14.7. The molecule has 0 aliphatic carbocycles. The minimum absolute atomic E-state index is 0.121. The van der Waals surface area contributed by atoms with Crippen LogP contribution in [-0.2, 0) is 0 Å². The predicted molar refractivity (Wildman–Crippen MR) is 118 cm³/mol. The highest BCUT2D eigenvalue weighted by Crippen LogP contribution is 2.40. The quantitative estimate of drug-likeness (QED) is 0.588. The van der Waals surface area contributed by atoms with Gasteiger partial charge in [0, 0.05) is 23.0 Å².